The molecule has 2 amide bonds. The molecule has 0 aromatic heterocycles. The quantitative estimate of drug-likeness (QED) is 0.504. The molecule has 1 atom stereocenters. The first-order chi connectivity index (χ1) is 16.4. The van der Waals surface area contributed by atoms with Crippen LogP contribution < -0.4 is 14.4 Å². The van der Waals surface area contributed by atoms with Crippen molar-refractivity contribution in [3.05, 3.63) is 59.4 Å². The van der Waals surface area contributed by atoms with Gasteiger partial charge >= 0.3 is 0 Å². The van der Waals surface area contributed by atoms with E-state index in [2.05, 4.69) is 5.32 Å². The lowest BCUT2D eigenvalue weighted by atomic mass is 10.1. The topological polar surface area (TPSA) is 96.0 Å². The Morgan fingerprint density at radius 1 is 1.11 bits per heavy atom. The van der Waals surface area contributed by atoms with E-state index in [1.54, 1.807) is 32.0 Å². The lowest BCUT2D eigenvalue weighted by Crippen LogP contribution is -2.53. The van der Waals surface area contributed by atoms with Gasteiger partial charge in [-0.3, -0.25) is 13.9 Å². The highest BCUT2D eigenvalue weighted by Crippen LogP contribution is 2.31. The van der Waals surface area contributed by atoms with Crippen molar-refractivity contribution in [2.45, 2.75) is 52.7 Å². The first-order valence-electron chi connectivity index (χ1n) is 11.3. The highest BCUT2D eigenvalue weighted by molar-refractivity contribution is 7.92. The van der Waals surface area contributed by atoms with Gasteiger partial charge in [0, 0.05) is 12.6 Å². The van der Waals surface area contributed by atoms with Crippen molar-refractivity contribution >= 4 is 27.5 Å². The summed E-state index contributed by atoms with van der Waals surface area (Å²) in [5.74, 6) is -1.06. The van der Waals surface area contributed by atoms with E-state index in [0.29, 0.717) is 17.7 Å². The average molecular weight is 508 g/mol. The molecule has 0 aliphatic carbocycles. The number of rotatable bonds is 11. The number of amides is 2. The summed E-state index contributed by atoms with van der Waals surface area (Å²) in [6.07, 6.45) is 1.31. The lowest BCUT2D eigenvalue weighted by molar-refractivity contribution is -0.140. The number of anilines is 1. The van der Waals surface area contributed by atoms with Gasteiger partial charge in [-0.25, -0.2) is 12.8 Å². The molecular formula is C25H34FN3O5S. The summed E-state index contributed by atoms with van der Waals surface area (Å²) in [7, 11) is -2.47. The molecule has 0 radical (unpaired) electrons. The smallest absolute Gasteiger partial charge is 0.244 e. The van der Waals surface area contributed by atoms with Crippen LogP contribution in [-0.4, -0.2) is 57.1 Å². The van der Waals surface area contributed by atoms with E-state index >= 15 is 0 Å². The Kier molecular flexibility index (Phi) is 9.64. The number of sulfonamides is 1. The molecule has 8 nitrogen and oxygen atoms in total. The van der Waals surface area contributed by atoms with Gasteiger partial charge in [0.2, 0.25) is 21.8 Å². The molecule has 2 aromatic carbocycles. The fraction of sp³-hybridized carbons (Fsp3) is 0.440. The lowest BCUT2D eigenvalue weighted by Gasteiger charge is -2.33. The molecule has 192 valence electrons. The van der Waals surface area contributed by atoms with E-state index in [4.69, 9.17) is 4.74 Å². The van der Waals surface area contributed by atoms with Crippen molar-refractivity contribution in [1.82, 2.24) is 10.2 Å². The fourth-order valence-electron chi connectivity index (χ4n) is 3.68. The number of nitrogens with zero attached hydrogens (tertiary/aromatic N) is 2. The maximum Gasteiger partial charge on any atom is 0.244 e. The third kappa shape index (κ3) is 7.68. The Bertz CT molecular complexity index is 1140. The molecule has 0 unspecified atom stereocenters. The second-order valence-electron chi connectivity index (χ2n) is 8.68. The molecule has 0 aliphatic rings. The summed E-state index contributed by atoms with van der Waals surface area (Å²) in [4.78, 5) is 27.9. The van der Waals surface area contributed by atoms with Crippen molar-refractivity contribution in [3.63, 3.8) is 0 Å². The maximum absolute atomic E-state index is 13.6. The van der Waals surface area contributed by atoms with E-state index in [9.17, 15) is 22.4 Å². The van der Waals surface area contributed by atoms with Gasteiger partial charge < -0.3 is 15.0 Å². The van der Waals surface area contributed by atoms with Crippen LogP contribution in [0.2, 0.25) is 0 Å². The number of hydrogen-bond acceptors (Lipinski definition) is 5. The summed E-state index contributed by atoms with van der Waals surface area (Å²) < 4.78 is 45.3. The van der Waals surface area contributed by atoms with Gasteiger partial charge in [0.1, 0.15) is 24.2 Å². The van der Waals surface area contributed by atoms with Crippen LogP contribution in [0.5, 0.6) is 5.75 Å². The molecule has 0 aliphatic heterocycles. The molecule has 0 heterocycles. The molecule has 0 saturated carbocycles. The number of aryl methyl sites for hydroxylation is 1. The minimum Gasteiger partial charge on any atom is -0.495 e. The van der Waals surface area contributed by atoms with Crippen LogP contribution >= 0.6 is 0 Å². The van der Waals surface area contributed by atoms with Gasteiger partial charge in [0.25, 0.3) is 0 Å². The van der Waals surface area contributed by atoms with Gasteiger partial charge in [-0.2, -0.15) is 0 Å². The number of halogens is 1. The summed E-state index contributed by atoms with van der Waals surface area (Å²) in [5.41, 5.74) is 1.62. The summed E-state index contributed by atoms with van der Waals surface area (Å²) in [6.45, 7) is 6.66. The number of nitrogens with one attached hydrogen (secondary N) is 1. The normalized spacial score (nSPS) is 12.2. The Hall–Kier alpha value is -3.14. The largest absolute Gasteiger partial charge is 0.495 e. The van der Waals surface area contributed by atoms with Crippen LogP contribution in [0.25, 0.3) is 0 Å². The van der Waals surface area contributed by atoms with E-state index in [-0.39, 0.29) is 24.2 Å². The van der Waals surface area contributed by atoms with Gasteiger partial charge in [0.15, 0.2) is 0 Å². The van der Waals surface area contributed by atoms with E-state index < -0.39 is 34.3 Å². The standard InChI is InChI=1S/C25H34FN3O5S/c1-7-21(25(31)27-17(2)3)28(15-19-9-11-20(26)12-10-19)24(30)16-29(35(6,32)33)22-14-18(4)8-13-23(22)34-5/h8-14,17,21H,7,15-16H2,1-6H3,(H,27,31)/t21-/m1/s1. The molecule has 2 aromatic rings. The zero-order valence-corrected chi connectivity index (χ0v) is 21.9. The van der Waals surface area contributed by atoms with E-state index in [1.165, 1.54) is 36.3 Å². The molecule has 0 saturated heterocycles. The third-order valence-corrected chi connectivity index (χ3v) is 6.49. The van der Waals surface area contributed by atoms with Crippen LogP contribution in [0, 0.1) is 12.7 Å². The van der Waals surface area contributed by atoms with Crippen LogP contribution in [0.1, 0.15) is 38.3 Å². The van der Waals surface area contributed by atoms with Crippen molar-refractivity contribution in [1.29, 1.82) is 0 Å². The number of ether oxygens (including phenoxy) is 1. The number of carbonyl (C=O) groups is 2. The van der Waals surface area contributed by atoms with Crippen molar-refractivity contribution < 1.29 is 27.1 Å². The van der Waals surface area contributed by atoms with E-state index in [1.807, 2.05) is 13.8 Å². The molecule has 1 N–H and O–H groups in total. The second-order valence-corrected chi connectivity index (χ2v) is 10.6. The van der Waals surface area contributed by atoms with Gasteiger partial charge in [-0.15, -0.1) is 0 Å². The van der Waals surface area contributed by atoms with Crippen molar-refractivity contribution in [2.75, 3.05) is 24.2 Å². The van der Waals surface area contributed by atoms with Crippen molar-refractivity contribution in [3.8, 4) is 5.75 Å². The highest BCUT2D eigenvalue weighted by atomic mass is 32.2. The predicted molar refractivity (Wildman–Crippen MR) is 134 cm³/mol. The van der Waals surface area contributed by atoms with E-state index in [0.717, 1.165) is 16.1 Å². The zero-order valence-electron chi connectivity index (χ0n) is 21.0. The molecule has 35 heavy (non-hydrogen) atoms. The first-order valence-corrected chi connectivity index (χ1v) is 13.2. The minimum absolute atomic E-state index is 0.00564. The number of hydrogen-bond donors (Lipinski definition) is 1. The fourth-order valence-corrected chi connectivity index (χ4v) is 4.52. The molecular weight excluding hydrogens is 473 g/mol. The predicted octanol–water partition coefficient (Wildman–Crippen LogP) is 3.24. The van der Waals surface area contributed by atoms with Crippen LogP contribution in [0.3, 0.4) is 0 Å². The average Bonchev–Trinajstić information content (AvgIpc) is 2.77. The Balaban J connectivity index is 2.50. The van der Waals surface area contributed by atoms with Crippen LogP contribution in [0.15, 0.2) is 42.5 Å². The van der Waals surface area contributed by atoms with Crippen LogP contribution in [-0.2, 0) is 26.2 Å². The minimum atomic E-state index is -3.89. The molecule has 0 bridgehead atoms. The second kappa shape index (κ2) is 12.0. The summed E-state index contributed by atoms with van der Waals surface area (Å²) >= 11 is 0. The summed E-state index contributed by atoms with van der Waals surface area (Å²) in [6, 6.07) is 9.63. The monoisotopic (exact) mass is 507 g/mol. The molecule has 10 heteroatoms. The molecule has 0 fully saturated rings. The van der Waals surface area contributed by atoms with Crippen LogP contribution in [0.4, 0.5) is 10.1 Å². The van der Waals surface area contributed by atoms with Gasteiger partial charge in [-0.1, -0.05) is 25.1 Å². The zero-order chi connectivity index (χ0) is 26.3. The van der Waals surface area contributed by atoms with Crippen molar-refractivity contribution in [2.24, 2.45) is 0 Å². The number of carbonyl (C=O) groups excluding carboxylic acids is 2. The number of benzene rings is 2. The highest BCUT2D eigenvalue weighted by Gasteiger charge is 2.32. The molecule has 0 spiro atoms. The Morgan fingerprint density at radius 2 is 1.74 bits per heavy atom. The molecule has 2 rings (SSSR count). The third-order valence-electron chi connectivity index (χ3n) is 5.37. The SMILES string of the molecule is CC[C@H](C(=O)NC(C)C)N(Cc1ccc(F)cc1)C(=O)CN(c1cc(C)ccc1OC)S(C)(=O)=O. The maximum atomic E-state index is 13.6. The Morgan fingerprint density at radius 3 is 2.26 bits per heavy atom. The first kappa shape index (κ1) is 28.1. The van der Waals surface area contributed by atoms with Gasteiger partial charge in [-0.05, 0) is 62.6 Å². The Labute approximate surface area is 207 Å². The summed E-state index contributed by atoms with van der Waals surface area (Å²) in [5, 5.41) is 2.82. The van der Waals surface area contributed by atoms with Gasteiger partial charge in [0.05, 0.1) is 19.1 Å². The number of methoxy groups -OCH3 is 1.